The van der Waals surface area contributed by atoms with Gasteiger partial charge in [-0.3, -0.25) is 4.79 Å². The second kappa shape index (κ2) is 8.12. The van der Waals surface area contributed by atoms with Crippen molar-refractivity contribution in [2.24, 2.45) is 0 Å². The van der Waals surface area contributed by atoms with Crippen LogP contribution in [0.25, 0.3) is 0 Å². The van der Waals surface area contributed by atoms with Gasteiger partial charge in [0.15, 0.2) is 12.4 Å². The minimum atomic E-state index is -0.318. The SMILES string of the molecule is Cc1c(Cl)cccc1NC(=O)c1ccn(COc2ccc(Cl)cc2Br)n1. The summed E-state index contributed by atoms with van der Waals surface area (Å²) in [5.74, 6) is 0.312. The molecule has 0 aliphatic heterocycles. The van der Waals surface area contributed by atoms with Crippen LogP contribution in [0.2, 0.25) is 10.0 Å². The smallest absolute Gasteiger partial charge is 0.276 e. The Morgan fingerprint density at radius 1 is 1.27 bits per heavy atom. The summed E-state index contributed by atoms with van der Waals surface area (Å²) in [5, 5.41) is 8.24. The molecule has 0 spiro atoms. The molecule has 0 fully saturated rings. The fourth-order valence-electron chi connectivity index (χ4n) is 2.21. The highest BCUT2D eigenvalue weighted by atomic mass is 79.9. The van der Waals surface area contributed by atoms with Crippen LogP contribution in [-0.4, -0.2) is 15.7 Å². The molecule has 0 unspecified atom stereocenters. The van der Waals surface area contributed by atoms with Crippen LogP contribution in [-0.2, 0) is 6.73 Å². The fraction of sp³-hybridized carbons (Fsp3) is 0.111. The zero-order chi connectivity index (χ0) is 18.7. The molecule has 0 atom stereocenters. The molecule has 26 heavy (non-hydrogen) atoms. The fourth-order valence-corrected chi connectivity index (χ4v) is 3.18. The minimum absolute atomic E-state index is 0.156. The average Bonchev–Trinajstić information content (AvgIpc) is 3.07. The molecule has 1 heterocycles. The quantitative estimate of drug-likeness (QED) is 0.549. The van der Waals surface area contributed by atoms with Gasteiger partial charge in [0.05, 0.1) is 4.47 Å². The van der Waals surface area contributed by atoms with Crippen LogP contribution in [0, 0.1) is 6.92 Å². The van der Waals surface area contributed by atoms with Crippen molar-refractivity contribution in [3.05, 3.63) is 74.4 Å². The van der Waals surface area contributed by atoms with E-state index in [2.05, 4.69) is 26.3 Å². The Kier molecular flexibility index (Phi) is 5.86. The zero-order valence-electron chi connectivity index (χ0n) is 13.7. The molecule has 5 nitrogen and oxygen atoms in total. The van der Waals surface area contributed by atoms with Crippen molar-refractivity contribution in [3.63, 3.8) is 0 Å². The number of carbonyl (C=O) groups excluding carboxylic acids is 1. The molecule has 1 N–H and O–H groups in total. The van der Waals surface area contributed by atoms with Crippen LogP contribution in [0.5, 0.6) is 5.75 Å². The molecule has 3 rings (SSSR count). The first-order valence-electron chi connectivity index (χ1n) is 7.62. The predicted octanol–water partition coefficient (Wildman–Crippen LogP) is 5.55. The third-order valence-electron chi connectivity index (χ3n) is 3.64. The Hall–Kier alpha value is -2.02. The van der Waals surface area contributed by atoms with E-state index < -0.39 is 0 Å². The molecule has 1 amide bonds. The summed E-state index contributed by atoms with van der Waals surface area (Å²) in [6.07, 6.45) is 1.67. The number of benzene rings is 2. The normalized spacial score (nSPS) is 10.6. The molecule has 1 aromatic heterocycles. The number of rotatable bonds is 5. The number of amides is 1. The van der Waals surface area contributed by atoms with E-state index in [1.807, 2.05) is 6.92 Å². The van der Waals surface area contributed by atoms with Gasteiger partial charge in [-0.15, -0.1) is 0 Å². The van der Waals surface area contributed by atoms with E-state index in [0.717, 1.165) is 10.0 Å². The second-order valence-corrected chi connectivity index (χ2v) is 7.15. The first kappa shape index (κ1) is 18.8. The molecule has 8 heteroatoms. The van der Waals surface area contributed by atoms with E-state index in [1.165, 1.54) is 4.68 Å². The van der Waals surface area contributed by atoms with E-state index in [0.29, 0.717) is 21.5 Å². The van der Waals surface area contributed by atoms with Crippen molar-refractivity contribution in [1.82, 2.24) is 9.78 Å². The lowest BCUT2D eigenvalue weighted by Crippen LogP contribution is -2.15. The molecular weight excluding hydrogens is 441 g/mol. The van der Waals surface area contributed by atoms with Gasteiger partial charge in [-0.1, -0.05) is 29.3 Å². The maximum atomic E-state index is 12.4. The number of nitrogens with zero attached hydrogens (tertiary/aromatic N) is 2. The van der Waals surface area contributed by atoms with Gasteiger partial charge in [0.1, 0.15) is 5.75 Å². The molecule has 0 aliphatic rings. The van der Waals surface area contributed by atoms with Gasteiger partial charge in [0.25, 0.3) is 5.91 Å². The van der Waals surface area contributed by atoms with E-state index in [1.54, 1.807) is 48.7 Å². The summed E-state index contributed by atoms with van der Waals surface area (Å²) in [7, 11) is 0. The highest BCUT2D eigenvalue weighted by molar-refractivity contribution is 9.10. The second-order valence-electron chi connectivity index (χ2n) is 5.46. The summed E-state index contributed by atoms with van der Waals surface area (Å²) in [4.78, 5) is 12.4. The lowest BCUT2D eigenvalue weighted by molar-refractivity contribution is 0.102. The van der Waals surface area contributed by atoms with E-state index in [9.17, 15) is 4.79 Å². The Morgan fingerprint density at radius 2 is 2.08 bits per heavy atom. The number of nitrogens with one attached hydrogen (secondary N) is 1. The molecule has 0 radical (unpaired) electrons. The van der Waals surface area contributed by atoms with Gasteiger partial charge in [0, 0.05) is 21.9 Å². The summed E-state index contributed by atoms with van der Waals surface area (Å²) in [6, 6.07) is 12.2. The van der Waals surface area contributed by atoms with Crippen LogP contribution >= 0.6 is 39.1 Å². The minimum Gasteiger partial charge on any atom is -0.470 e. The van der Waals surface area contributed by atoms with Crippen LogP contribution in [0.3, 0.4) is 0 Å². The third-order valence-corrected chi connectivity index (χ3v) is 4.90. The number of anilines is 1. The third kappa shape index (κ3) is 4.38. The molecule has 2 aromatic carbocycles. The number of hydrogen-bond acceptors (Lipinski definition) is 3. The Bertz CT molecular complexity index is 959. The van der Waals surface area contributed by atoms with Crippen LogP contribution in [0.4, 0.5) is 5.69 Å². The van der Waals surface area contributed by atoms with Crippen LogP contribution < -0.4 is 10.1 Å². The zero-order valence-corrected chi connectivity index (χ0v) is 16.8. The number of carbonyl (C=O) groups is 1. The summed E-state index contributed by atoms with van der Waals surface area (Å²) < 4.78 is 7.94. The van der Waals surface area contributed by atoms with Gasteiger partial charge in [0.2, 0.25) is 0 Å². The van der Waals surface area contributed by atoms with Crippen molar-refractivity contribution >= 4 is 50.7 Å². The molecule has 3 aromatic rings. The molecule has 0 saturated carbocycles. The number of hydrogen-bond donors (Lipinski definition) is 1. The maximum absolute atomic E-state index is 12.4. The molecule has 0 saturated heterocycles. The Balaban J connectivity index is 1.65. The van der Waals surface area contributed by atoms with Gasteiger partial charge in [-0.2, -0.15) is 5.10 Å². The largest absolute Gasteiger partial charge is 0.470 e. The summed E-state index contributed by atoms with van der Waals surface area (Å²) in [5.41, 5.74) is 1.74. The van der Waals surface area contributed by atoms with E-state index in [4.69, 9.17) is 27.9 Å². The number of halogens is 3. The first-order valence-corrected chi connectivity index (χ1v) is 9.16. The summed E-state index contributed by atoms with van der Waals surface area (Å²) in [6.45, 7) is 2.00. The van der Waals surface area contributed by atoms with Gasteiger partial charge >= 0.3 is 0 Å². The summed E-state index contributed by atoms with van der Waals surface area (Å²) >= 11 is 15.4. The van der Waals surface area contributed by atoms with Crippen LogP contribution in [0.1, 0.15) is 16.1 Å². The van der Waals surface area contributed by atoms with Gasteiger partial charge in [-0.25, -0.2) is 4.68 Å². The highest BCUT2D eigenvalue weighted by Crippen LogP contribution is 2.28. The maximum Gasteiger partial charge on any atom is 0.276 e. The average molecular weight is 455 g/mol. The molecule has 0 aliphatic carbocycles. The molecular formula is C18H14BrCl2N3O2. The standard InChI is InChI=1S/C18H14BrCl2N3O2/c1-11-14(21)3-2-4-15(11)22-18(25)16-7-8-24(23-16)10-26-17-6-5-12(20)9-13(17)19/h2-9H,10H2,1H3,(H,22,25). The first-order chi connectivity index (χ1) is 12.4. The Morgan fingerprint density at radius 3 is 2.85 bits per heavy atom. The molecule has 134 valence electrons. The van der Waals surface area contributed by atoms with Crippen molar-refractivity contribution in [2.45, 2.75) is 13.7 Å². The predicted molar refractivity (Wildman–Crippen MR) is 106 cm³/mol. The van der Waals surface area contributed by atoms with Crippen molar-refractivity contribution in [2.75, 3.05) is 5.32 Å². The van der Waals surface area contributed by atoms with E-state index >= 15 is 0 Å². The van der Waals surface area contributed by atoms with Gasteiger partial charge < -0.3 is 10.1 Å². The number of ether oxygens (including phenoxy) is 1. The highest BCUT2D eigenvalue weighted by Gasteiger charge is 2.12. The van der Waals surface area contributed by atoms with Crippen molar-refractivity contribution in [3.8, 4) is 5.75 Å². The monoisotopic (exact) mass is 453 g/mol. The lowest BCUT2D eigenvalue weighted by Gasteiger charge is -2.09. The van der Waals surface area contributed by atoms with Crippen molar-refractivity contribution < 1.29 is 9.53 Å². The molecule has 0 bridgehead atoms. The van der Waals surface area contributed by atoms with Crippen LogP contribution in [0.15, 0.2) is 53.1 Å². The van der Waals surface area contributed by atoms with Gasteiger partial charge in [-0.05, 0) is 64.8 Å². The van der Waals surface area contributed by atoms with Crippen molar-refractivity contribution in [1.29, 1.82) is 0 Å². The number of aromatic nitrogens is 2. The topological polar surface area (TPSA) is 56.2 Å². The Labute approximate surface area is 169 Å². The van der Waals surface area contributed by atoms with E-state index in [-0.39, 0.29) is 18.3 Å². The lowest BCUT2D eigenvalue weighted by atomic mass is 10.2.